The molecule has 6 heteroatoms. The second-order valence-corrected chi connectivity index (χ2v) is 5.38. The molecule has 108 valence electrons. The maximum atomic E-state index is 12.2. The standard InChI is InChI=1S/C14H20N4O2/c1-9(2)7-12-16-13(20-17-12)8-18(4)14(19)11-5-6-15-10(11)3/h5-6,9,15H,7-8H2,1-4H3. The van der Waals surface area contributed by atoms with Crippen LogP contribution in [0.4, 0.5) is 0 Å². The van der Waals surface area contributed by atoms with Crippen molar-refractivity contribution in [1.29, 1.82) is 0 Å². The summed E-state index contributed by atoms with van der Waals surface area (Å²) in [7, 11) is 1.72. The predicted molar refractivity (Wildman–Crippen MR) is 74.2 cm³/mol. The number of hydrogen-bond acceptors (Lipinski definition) is 4. The molecule has 2 aromatic rings. The van der Waals surface area contributed by atoms with Crippen LogP contribution in [0.25, 0.3) is 0 Å². The van der Waals surface area contributed by atoms with Crippen molar-refractivity contribution < 1.29 is 9.32 Å². The number of hydrogen-bond donors (Lipinski definition) is 1. The van der Waals surface area contributed by atoms with Gasteiger partial charge in [-0.2, -0.15) is 4.98 Å². The van der Waals surface area contributed by atoms with E-state index >= 15 is 0 Å². The zero-order chi connectivity index (χ0) is 14.7. The van der Waals surface area contributed by atoms with Crippen LogP contribution < -0.4 is 0 Å². The minimum atomic E-state index is -0.0626. The monoisotopic (exact) mass is 276 g/mol. The Morgan fingerprint density at radius 2 is 2.25 bits per heavy atom. The van der Waals surface area contributed by atoms with Crippen LogP contribution in [0.1, 0.15) is 41.6 Å². The van der Waals surface area contributed by atoms with Gasteiger partial charge in [0, 0.05) is 25.4 Å². The van der Waals surface area contributed by atoms with Crippen molar-refractivity contribution in [1.82, 2.24) is 20.0 Å². The third-order valence-corrected chi connectivity index (χ3v) is 3.00. The van der Waals surface area contributed by atoms with Crippen LogP contribution in [-0.2, 0) is 13.0 Å². The summed E-state index contributed by atoms with van der Waals surface area (Å²) >= 11 is 0. The first kappa shape index (κ1) is 14.3. The maximum absolute atomic E-state index is 12.2. The minimum absolute atomic E-state index is 0.0626. The van der Waals surface area contributed by atoms with Crippen molar-refractivity contribution >= 4 is 5.91 Å². The van der Waals surface area contributed by atoms with Gasteiger partial charge in [-0.1, -0.05) is 19.0 Å². The molecule has 0 fully saturated rings. The summed E-state index contributed by atoms with van der Waals surface area (Å²) in [6.07, 6.45) is 2.53. The smallest absolute Gasteiger partial charge is 0.255 e. The average molecular weight is 276 g/mol. The maximum Gasteiger partial charge on any atom is 0.255 e. The molecule has 2 aromatic heterocycles. The first-order valence-electron chi connectivity index (χ1n) is 6.68. The minimum Gasteiger partial charge on any atom is -0.365 e. The van der Waals surface area contributed by atoms with Gasteiger partial charge < -0.3 is 14.4 Å². The van der Waals surface area contributed by atoms with E-state index in [1.165, 1.54) is 0 Å². The Morgan fingerprint density at radius 3 is 2.85 bits per heavy atom. The van der Waals surface area contributed by atoms with Gasteiger partial charge in [0.05, 0.1) is 12.1 Å². The van der Waals surface area contributed by atoms with E-state index in [1.807, 2.05) is 6.92 Å². The Bertz CT molecular complexity index is 586. The summed E-state index contributed by atoms with van der Waals surface area (Å²) in [5, 5.41) is 3.92. The Morgan fingerprint density at radius 1 is 1.50 bits per heavy atom. The van der Waals surface area contributed by atoms with E-state index in [9.17, 15) is 4.79 Å². The first-order chi connectivity index (χ1) is 9.47. The molecular formula is C14H20N4O2. The van der Waals surface area contributed by atoms with Gasteiger partial charge >= 0.3 is 0 Å². The fourth-order valence-electron chi connectivity index (χ4n) is 1.97. The molecule has 0 unspecified atom stereocenters. The summed E-state index contributed by atoms with van der Waals surface area (Å²) in [6, 6.07) is 1.77. The lowest BCUT2D eigenvalue weighted by molar-refractivity contribution is 0.0769. The molecule has 0 bridgehead atoms. The van der Waals surface area contributed by atoms with E-state index < -0.39 is 0 Å². The van der Waals surface area contributed by atoms with Gasteiger partial charge in [-0.25, -0.2) is 0 Å². The summed E-state index contributed by atoms with van der Waals surface area (Å²) < 4.78 is 5.17. The summed E-state index contributed by atoms with van der Waals surface area (Å²) in [5.74, 6) is 1.56. The van der Waals surface area contributed by atoms with Crippen molar-refractivity contribution in [2.45, 2.75) is 33.7 Å². The normalized spacial score (nSPS) is 11.1. The third kappa shape index (κ3) is 3.26. The molecule has 2 rings (SSSR count). The molecule has 2 heterocycles. The average Bonchev–Trinajstić information content (AvgIpc) is 2.97. The van der Waals surface area contributed by atoms with Crippen LogP contribution in [0.5, 0.6) is 0 Å². The Kier molecular flexibility index (Phi) is 4.22. The molecule has 0 aromatic carbocycles. The summed E-state index contributed by atoms with van der Waals surface area (Å²) in [4.78, 5) is 21.1. The van der Waals surface area contributed by atoms with Crippen molar-refractivity contribution in [3.8, 4) is 0 Å². The number of rotatable bonds is 5. The topological polar surface area (TPSA) is 75.0 Å². The lowest BCUT2D eigenvalue weighted by Gasteiger charge is -2.14. The highest BCUT2D eigenvalue weighted by Crippen LogP contribution is 2.11. The Balaban J connectivity index is 2.01. The van der Waals surface area contributed by atoms with Crippen LogP contribution in [0.2, 0.25) is 0 Å². The molecule has 1 amide bonds. The largest absolute Gasteiger partial charge is 0.365 e. The number of aryl methyl sites for hydroxylation is 1. The zero-order valence-electron chi connectivity index (χ0n) is 12.3. The fourth-order valence-corrected chi connectivity index (χ4v) is 1.97. The fraction of sp³-hybridized carbons (Fsp3) is 0.500. The van der Waals surface area contributed by atoms with E-state index in [2.05, 4.69) is 29.0 Å². The lowest BCUT2D eigenvalue weighted by Crippen LogP contribution is -2.26. The van der Waals surface area contributed by atoms with E-state index in [4.69, 9.17) is 4.52 Å². The SMILES string of the molecule is Cc1[nH]ccc1C(=O)N(C)Cc1nc(CC(C)C)no1. The van der Waals surface area contributed by atoms with Crippen LogP contribution in [0.3, 0.4) is 0 Å². The molecule has 0 saturated carbocycles. The number of nitrogens with one attached hydrogen (secondary N) is 1. The number of carbonyl (C=O) groups excluding carboxylic acids is 1. The molecule has 0 aliphatic heterocycles. The van der Waals surface area contributed by atoms with E-state index in [-0.39, 0.29) is 5.91 Å². The van der Waals surface area contributed by atoms with Gasteiger partial charge in [0.15, 0.2) is 5.82 Å². The predicted octanol–water partition coefficient (Wildman–Crippen LogP) is 2.18. The molecule has 0 atom stereocenters. The van der Waals surface area contributed by atoms with Crippen LogP contribution in [-0.4, -0.2) is 33.0 Å². The van der Waals surface area contributed by atoms with Crippen LogP contribution in [0, 0.1) is 12.8 Å². The van der Waals surface area contributed by atoms with Gasteiger partial charge in [0.2, 0.25) is 5.89 Å². The highest BCUT2D eigenvalue weighted by Gasteiger charge is 2.17. The van der Waals surface area contributed by atoms with Crippen molar-refractivity contribution in [2.75, 3.05) is 7.05 Å². The quantitative estimate of drug-likeness (QED) is 0.908. The highest BCUT2D eigenvalue weighted by molar-refractivity contribution is 5.95. The molecule has 0 aliphatic carbocycles. The van der Waals surface area contributed by atoms with E-state index in [0.717, 1.165) is 12.1 Å². The van der Waals surface area contributed by atoms with Gasteiger partial charge in [-0.15, -0.1) is 0 Å². The van der Waals surface area contributed by atoms with Crippen LogP contribution in [0.15, 0.2) is 16.8 Å². The van der Waals surface area contributed by atoms with E-state index in [0.29, 0.717) is 29.7 Å². The molecule has 20 heavy (non-hydrogen) atoms. The Hall–Kier alpha value is -2.11. The Labute approximate surface area is 118 Å². The van der Waals surface area contributed by atoms with Crippen molar-refractivity contribution in [3.05, 3.63) is 35.2 Å². The number of amides is 1. The number of aromatic nitrogens is 3. The molecule has 0 saturated heterocycles. The summed E-state index contributed by atoms with van der Waals surface area (Å²) in [6.45, 7) is 6.38. The van der Waals surface area contributed by atoms with Gasteiger partial charge in [-0.05, 0) is 18.9 Å². The van der Waals surface area contributed by atoms with Crippen molar-refractivity contribution in [2.24, 2.45) is 5.92 Å². The van der Waals surface area contributed by atoms with Crippen molar-refractivity contribution in [3.63, 3.8) is 0 Å². The lowest BCUT2D eigenvalue weighted by atomic mass is 10.1. The van der Waals surface area contributed by atoms with Gasteiger partial charge in [0.1, 0.15) is 0 Å². The first-order valence-corrected chi connectivity index (χ1v) is 6.68. The number of H-pyrrole nitrogens is 1. The molecule has 0 aliphatic rings. The van der Waals surface area contributed by atoms with Crippen LogP contribution >= 0.6 is 0 Å². The van der Waals surface area contributed by atoms with Gasteiger partial charge in [0.25, 0.3) is 5.91 Å². The summed E-state index contributed by atoms with van der Waals surface area (Å²) in [5.41, 5.74) is 1.52. The highest BCUT2D eigenvalue weighted by atomic mass is 16.5. The molecule has 0 radical (unpaired) electrons. The number of nitrogens with zero attached hydrogens (tertiary/aromatic N) is 3. The van der Waals surface area contributed by atoms with E-state index in [1.54, 1.807) is 24.2 Å². The number of carbonyl (C=O) groups is 1. The molecule has 0 spiro atoms. The second kappa shape index (κ2) is 5.90. The second-order valence-electron chi connectivity index (χ2n) is 5.38. The molecule has 6 nitrogen and oxygen atoms in total. The number of aromatic amines is 1. The zero-order valence-corrected chi connectivity index (χ0v) is 12.3. The molecule has 1 N–H and O–H groups in total. The molecular weight excluding hydrogens is 256 g/mol. The third-order valence-electron chi connectivity index (χ3n) is 3.00. The van der Waals surface area contributed by atoms with Gasteiger partial charge in [-0.3, -0.25) is 4.79 Å².